The van der Waals surface area contributed by atoms with Crippen LogP contribution in [0.15, 0.2) is 0 Å². The largest absolute Gasteiger partial charge is 0.480 e. The van der Waals surface area contributed by atoms with Crippen LogP contribution in [0.1, 0.15) is 20.3 Å². The molecule has 0 fully saturated rings. The van der Waals surface area contributed by atoms with Crippen molar-refractivity contribution in [3.8, 4) is 0 Å². The molecular formula is C8H15NO4. The van der Waals surface area contributed by atoms with Gasteiger partial charge in [-0.15, -0.1) is 0 Å². The van der Waals surface area contributed by atoms with Gasteiger partial charge in [-0.25, -0.2) is 4.79 Å². The van der Waals surface area contributed by atoms with Crippen molar-refractivity contribution < 1.29 is 19.4 Å². The minimum atomic E-state index is -1.04. The van der Waals surface area contributed by atoms with E-state index in [0.29, 0.717) is 13.0 Å². The van der Waals surface area contributed by atoms with Gasteiger partial charge >= 0.3 is 5.97 Å². The Morgan fingerprint density at radius 1 is 1.62 bits per heavy atom. The highest BCUT2D eigenvalue weighted by molar-refractivity contribution is 5.76. The molecule has 0 aromatic rings. The Morgan fingerprint density at radius 3 is 2.62 bits per heavy atom. The van der Waals surface area contributed by atoms with E-state index in [0.717, 1.165) is 0 Å². The lowest BCUT2D eigenvalue weighted by Crippen LogP contribution is -2.36. The maximum Gasteiger partial charge on any atom is 0.326 e. The van der Waals surface area contributed by atoms with Crippen molar-refractivity contribution in [2.75, 3.05) is 6.61 Å². The monoisotopic (exact) mass is 189 g/mol. The molecule has 0 saturated heterocycles. The fourth-order valence-electron chi connectivity index (χ4n) is 0.782. The molecule has 5 nitrogen and oxygen atoms in total. The molecule has 0 aromatic heterocycles. The Labute approximate surface area is 77.1 Å². The van der Waals surface area contributed by atoms with Crippen molar-refractivity contribution in [3.05, 3.63) is 0 Å². The molecule has 0 aromatic carbocycles. The molecule has 0 heterocycles. The number of amides is 1. The molecule has 0 aliphatic heterocycles. The molecule has 1 atom stereocenters. The summed E-state index contributed by atoms with van der Waals surface area (Å²) in [5.74, 6) is -1.04. The molecule has 0 unspecified atom stereocenters. The van der Waals surface area contributed by atoms with Gasteiger partial charge < -0.3 is 15.2 Å². The SMILES string of the molecule is CC(C)OCC[C@H](NC=O)C(=O)O. The first-order valence-electron chi connectivity index (χ1n) is 4.12. The molecule has 0 bridgehead atoms. The minimum absolute atomic E-state index is 0.0747. The van der Waals surface area contributed by atoms with Crippen molar-refractivity contribution in [3.63, 3.8) is 0 Å². The lowest BCUT2D eigenvalue weighted by atomic mass is 10.2. The molecule has 0 rings (SSSR count). The lowest BCUT2D eigenvalue weighted by molar-refractivity contribution is -0.141. The molecular weight excluding hydrogens is 174 g/mol. The summed E-state index contributed by atoms with van der Waals surface area (Å²) in [6.45, 7) is 4.06. The number of carboxylic acids is 1. The maximum absolute atomic E-state index is 10.5. The molecule has 1 amide bonds. The molecule has 0 radical (unpaired) electrons. The quantitative estimate of drug-likeness (QED) is 0.553. The Balaban J connectivity index is 3.69. The number of nitrogens with one attached hydrogen (secondary N) is 1. The molecule has 76 valence electrons. The maximum atomic E-state index is 10.5. The van der Waals surface area contributed by atoms with Crippen LogP contribution in [0.2, 0.25) is 0 Å². The minimum Gasteiger partial charge on any atom is -0.480 e. The van der Waals surface area contributed by atoms with Crippen LogP contribution in [0.25, 0.3) is 0 Å². The van der Waals surface area contributed by atoms with Gasteiger partial charge in [0.05, 0.1) is 6.10 Å². The molecule has 0 spiro atoms. The van der Waals surface area contributed by atoms with Crippen LogP contribution in [0.5, 0.6) is 0 Å². The van der Waals surface area contributed by atoms with Gasteiger partial charge in [0.1, 0.15) is 6.04 Å². The van der Waals surface area contributed by atoms with E-state index in [2.05, 4.69) is 5.32 Å². The smallest absolute Gasteiger partial charge is 0.326 e. The zero-order valence-corrected chi connectivity index (χ0v) is 7.82. The summed E-state index contributed by atoms with van der Waals surface area (Å²) >= 11 is 0. The number of carbonyl (C=O) groups excluding carboxylic acids is 1. The first-order valence-corrected chi connectivity index (χ1v) is 4.12. The Bertz CT molecular complexity index is 170. The van der Waals surface area contributed by atoms with E-state index >= 15 is 0 Å². The summed E-state index contributed by atoms with van der Waals surface area (Å²) < 4.78 is 5.15. The average Bonchev–Trinajstić information content (AvgIpc) is 2.02. The number of hydrogen-bond donors (Lipinski definition) is 2. The molecule has 0 aliphatic carbocycles. The zero-order valence-electron chi connectivity index (χ0n) is 7.82. The Hall–Kier alpha value is -1.10. The first kappa shape index (κ1) is 11.9. The number of aliphatic carboxylic acids is 1. The third kappa shape index (κ3) is 6.10. The van der Waals surface area contributed by atoms with Crippen LogP contribution >= 0.6 is 0 Å². The summed E-state index contributed by atoms with van der Waals surface area (Å²) in [6, 6.07) is -0.851. The van der Waals surface area contributed by atoms with Gasteiger partial charge in [-0.1, -0.05) is 0 Å². The Morgan fingerprint density at radius 2 is 2.23 bits per heavy atom. The number of rotatable bonds is 7. The van der Waals surface area contributed by atoms with Gasteiger partial charge in [-0.3, -0.25) is 4.79 Å². The second-order valence-corrected chi connectivity index (χ2v) is 2.88. The second kappa shape index (κ2) is 6.42. The normalized spacial score (nSPS) is 12.5. The standard InChI is InChI=1S/C8H15NO4/c1-6(2)13-4-3-7(8(11)12)9-5-10/h5-7H,3-4H2,1-2H3,(H,9,10)(H,11,12)/t7-/m0/s1. The van der Waals surface area contributed by atoms with Crippen molar-refractivity contribution in [2.24, 2.45) is 0 Å². The lowest BCUT2D eigenvalue weighted by Gasteiger charge is -2.12. The van der Waals surface area contributed by atoms with Crippen molar-refractivity contribution in [1.29, 1.82) is 0 Å². The average molecular weight is 189 g/mol. The molecule has 5 heteroatoms. The van der Waals surface area contributed by atoms with Gasteiger partial charge in [0.25, 0.3) is 0 Å². The van der Waals surface area contributed by atoms with Gasteiger partial charge in [0, 0.05) is 13.0 Å². The second-order valence-electron chi connectivity index (χ2n) is 2.88. The number of carboxylic acid groups (broad SMARTS) is 1. The topological polar surface area (TPSA) is 75.6 Å². The van der Waals surface area contributed by atoms with Gasteiger partial charge in [0.15, 0.2) is 0 Å². The van der Waals surface area contributed by atoms with E-state index in [-0.39, 0.29) is 12.5 Å². The zero-order chi connectivity index (χ0) is 10.3. The number of ether oxygens (including phenoxy) is 1. The number of carbonyl (C=O) groups is 2. The Kier molecular flexibility index (Phi) is 5.88. The third-order valence-corrected chi connectivity index (χ3v) is 1.43. The van der Waals surface area contributed by atoms with Crippen LogP contribution < -0.4 is 5.32 Å². The van der Waals surface area contributed by atoms with Gasteiger partial charge in [-0.05, 0) is 13.8 Å². The summed E-state index contributed by atoms with van der Waals surface area (Å²) in [6.07, 6.45) is 0.742. The van der Waals surface area contributed by atoms with Crippen LogP contribution in [0, 0.1) is 0 Å². The van der Waals surface area contributed by atoms with Crippen LogP contribution in [-0.2, 0) is 14.3 Å². The van der Waals surface area contributed by atoms with Crippen LogP contribution in [-0.4, -0.2) is 36.2 Å². The van der Waals surface area contributed by atoms with Crippen LogP contribution in [0.4, 0.5) is 0 Å². The van der Waals surface area contributed by atoms with E-state index < -0.39 is 12.0 Å². The summed E-state index contributed by atoms with van der Waals surface area (Å²) in [4.78, 5) is 20.5. The summed E-state index contributed by atoms with van der Waals surface area (Å²) in [5, 5.41) is 10.8. The predicted octanol–water partition coefficient (Wildman–Crippen LogP) is 0.000700. The third-order valence-electron chi connectivity index (χ3n) is 1.43. The van der Waals surface area contributed by atoms with Crippen LogP contribution in [0.3, 0.4) is 0 Å². The van der Waals surface area contributed by atoms with E-state index in [1.54, 1.807) is 0 Å². The summed E-state index contributed by atoms with van der Waals surface area (Å²) in [5.41, 5.74) is 0. The highest BCUT2D eigenvalue weighted by Crippen LogP contribution is 1.95. The van der Waals surface area contributed by atoms with E-state index in [1.807, 2.05) is 13.8 Å². The van der Waals surface area contributed by atoms with E-state index in [1.165, 1.54) is 0 Å². The van der Waals surface area contributed by atoms with E-state index in [9.17, 15) is 9.59 Å². The predicted molar refractivity (Wildman–Crippen MR) is 46.3 cm³/mol. The van der Waals surface area contributed by atoms with E-state index in [4.69, 9.17) is 9.84 Å². The van der Waals surface area contributed by atoms with Gasteiger partial charge in [-0.2, -0.15) is 0 Å². The highest BCUT2D eigenvalue weighted by Gasteiger charge is 2.15. The number of hydrogen-bond acceptors (Lipinski definition) is 3. The molecule has 0 saturated carbocycles. The van der Waals surface area contributed by atoms with Crippen molar-refractivity contribution in [1.82, 2.24) is 5.32 Å². The fourth-order valence-corrected chi connectivity index (χ4v) is 0.782. The van der Waals surface area contributed by atoms with Crippen molar-refractivity contribution >= 4 is 12.4 Å². The molecule has 0 aliphatic rings. The first-order chi connectivity index (χ1) is 6.07. The van der Waals surface area contributed by atoms with Crippen molar-refractivity contribution in [2.45, 2.75) is 32.4 Å². The molecule has 2 N–H and O–H groups in total. The fraction of sp³-hybridized carbons (Fsp3) is 0.750. The van der Waals surface area contributed by atoms with Gasteiger partial charge in [0.2, 0.25) is 6.41 Å². The highest BCUT2D eigenvalue weighted by atomic mass is 16.5. The summed E-state index contributed by atoms with van der Waals surface area (Å²) in [7, 11) is 0. The molecule has 13 heavy (non-hydrogen) atoms.